The number of hydrogen-bond donors (Lipinski definition) is 2. The summed E-state index contributed by atoms with van der Waals surface area (Å²) in [5.41, 5.74) is 0.0872. The Morgan fingerprint density at radius 1 is 1.50 bits per heavy atom. The lowest BCUT2D eigenvalue weighted by atomic mass is 10.1. The van der Waals surface area contributed by atoms with Crippen molar-refractivity contribution < 1.29 is 14.7 Å². The molecule has 1 atom stereocenters. The average Bonchev–Trinajstić information content (AvgIpc) is 2.51. The van der Waals surface area contributed by atoms with Crippen LogP contribution < -0.4 is 10.1 Å². The van der Waals surface area contributed by atoms with Crippen LogP contribution in [0.2, 0.25) is 0 Å². The van der Waals surface area contributed by atoms with Gasteiger partial charge in [-0.1, -0.05) is 12.1 Å². The van der Waals surface area contributed by atoms with Gasteiger partial charge in [0.05, 0.1) is 17.3 Å². The zero-order valence-corrected chi connectivity index (χ0v) is 15.4. The van der Waals surface area contributed by atoms with Gasteiger partial charge >= 0.3 is 0 Å². The Kier molecular flexibility index (Phi) is 5.77. The predicted octanol–water partition coefficient (Wildman–Crippen LogP) is 3.51. The molecule has 24 heavy (non-hydrogen) atoms. The smallest absolute Gasteiger partial charge is 0.261 e. The summed E-state index contributed by atoms with van der Waals surface area (Å²) in [6.45, 7) is 5.34. The lowest BCUT2D eigenvalue weighted by Gasteiger charge is -2.24. The first-order valence-electron chi connectivity index (χ1n) is 7.57. The number of pyridine rings is 1. The maximum absolute atomic E-state index is 12.4. The monoisotopic (exact) mass is 393 g/mol. The van der Waals surface area contributed by atoms with Crippen molar-refractivity contribution in [3.63, 3.8) is 0 Å². The summed E-state index contributed by atoms with van der Waals surface area (Å²) in [6, 6.07) is 7.43. The molecule has 0 spiro atoms. The van der Waals surface area contributed by atoms with Crippen molar-refractivity contribution in [2.24, 2.45) is 5.16 Å². The van der Waals surface area contributed by atoms with Gasteiger partial charge < -0.3 is 15.3 Å². The van der Waals surface area contributed by atoms with Crippen molar-refractivity contribution in [2.75, 3.05) is 0 Å². The molecule has 1 aromatic heterocycles. The maximum Gasteiger partial charge on any atom is 0.261 e. The van der Waals surface area contributed by atoms with Crippen LogP contribution in [0.1, 0.15) is 27.2 Å². The number of nitrogens with zero attached hydrogens (tertiary/aromatic N) is 2. The van der Waals surface area contributed by atoms with Crippen LogP contribution in [0.15, 0.2) is 40.1 Å². The molecule has 1 heterocycles. The molecule has 1 amide bonds. The quantitative estimate of drug-likeness (QED) is 0.446. The Bertz CT molecular complexity index is 762. The highest BCUT2D eigenvalue weighted by atomic mass is 79.9. The van der Waals surface area contributed by atoms with E-state index < -0.39 is 11.6 Å². The molecule has 0 radical (unpaired) electrons. The second-order valence-corrected chi connectivity index (χ2v) is 6.89. The minimum atomic E-state index is -0.763. The highest BCUT2D eigenvalue weighted by molar-refractivity contribution is 9.10. The molecule has 0 bridgehead atoms. The van der Waals surface area contributed by atoms with Crippen molar-refractivity contribution >= 4 is 39.0 Å². The molecule has 0 saturated carbocycles. The summed E-state index contributed by atoms with van der Waals surface area (Å²) in [6.07, 6.45) is 2.86. The van der Waals surface area contributed by atoms with E-state index in [1.165, 1.54) is 6.21 Å². The minimum absolute atomic E-state index is 0.269. The van der Waals surface area contributed by atoms with Crippen molar-refractivity contribution in [1.82, 2.24) is 10.3 Å². The first kappa shape index (κ1) is 18.2. The first-order valence-corrected chi connectivity index (χ1v) is 8.36. The summed E-state index contributed by atoms with van der Waals surface area (Å²) in [5.74, 6) is 0.327. The number of hydrogen-bond acceptors (Lipinski definition) is 5. The molecule has 2 aromatic rings. The van der Waals surface area contributed by atoms with Gasteiger partial charge in [-0.15, -0.1) is 0 Å². The van der Waals surface area contributed by atoms with Gasteiger partial charge in [-0.2, -0.15) is 0 Å². The molecule has 2 N–H and O–H groups in total. The third-order valence-corrected chi connectivity index (χ3v) is 3.82. The van der Waals surface area contributed by atoms with Crippen LogP contribution in [0, 0.1) is 0 Å². The van der Waals surface area contributed by atoms with Gasteiger partial charge in [0.2, 0.25) is 0 Å². The Morgan fingerprint density at radius 3 is 2.92 bits per heavy atom. The number of halogens is 1. The van der Waals surface area contributed by atoms with Crippen LogP contribution in [-0.4, -0.2) is 34.0 Å². The summed E-state index contributed by atoms with van der Waals surface area (Å²) in [7, 11) is 0. The van der Waals surface area contributed by atoms with Gasteiger partial charge in [0.25, 0.3) is 5.91 Å². The standard InChI is InChI=1S/C17H20BrN3O3/c1-4-15(16(22)21-17(2,3)10-20-23)24-13-5-6-14-11(8-13)7-12(18)9-19-14/h5-10,15,23H,4H2,1-3H3,(H,21,22)/b20-10+. The lowest BCUT2D eigenvalue weighted by molar-refractivity contribution is -0.129. The number of rotatable bonds is 6. The zero-order valence-electron chi connectivity index (χ0n) is 13.8. The van der Waals surface area contributed by atoms with Crippen LogP contribution in [0.5, 0.6) is 5.75 Å². The molecular formula is C17H20BrN3O3. The van der Waals surface area contributed by atoms with E-state index in [1.807, 2.05) is 25.1 Å². The van der Waals surface area contributed by atoms with Crippen LogP contribution in [0.4, 0.5) is 0 Å². The van der Waals surface area contributed by atoms with Crippen LogP contribution >= 0.6 is 15.9 Å². The number of oxime groups is 1. The van der Waals surface area contributed by atoms with Crippen LogP contribution in [0.25, 0.3) is 10.9 Å². The van der Waals surface area contributed by atoms with Crippen LogP contribution in [0.3, 0.4) is 0 Å². The topological polar surface area (TPSA) is 83.8 Å². The van der Waals surface area contributed by atoms with Crippen molar-refractivity contribution in [1.29, 1.82) is 0 Å². The van der Waals surface area contributed by atoms with Gasteiger partial charge in [0, 0.05) is 16.1 Å². The van der Waals surface area contributed by atoms with E-state index in [4.69, 9.17) is 9.94 Å². The van der Waals surface area contributed by atoms with Gasteiger partial charge in [-0.3, -0.25) is 9.78 Å². The molecule has 0 saturated heterocycles. The van der Waals surface area contributed by atoms with Gasteiger partial charge in [-0.25, -0.2) is 0 Å². The fraction of sp³-hybridized carbons (Fsp3) is 0.353. The minimum Gasteiger partial charge on any atom is -0.481 e. The Morgan fingerprint density at radius 2 is 2.25 bits per heavy atom. The molecule has 0 fully saturated rings. The third kappa shape index (κ3) is 4.67. The van der Waals surface area contributed by atoms with E-state index in [2.05, 4.69) is 31.4 Å². The molecule has 1 aromatic carbocycles. The summed E-state index contributed by atoms with van der Waals surface area (Å²) < 4.78 is 6.71. The van der Waals surface area contributed by atoms with Crippen molar-refractivity contribution in [2.45, 2.75) is 38.8 Å². The molecule has 2 rings (SSSR count). The molecule has 0 aliphatic heterocycles. The molecule has 128 valence electrons. The Labute approximate surface area is 149 Å². The summed E-state index contributed by atoms with van der Waals surface area (Å²) in [5, 5.41) is 15.3. The Hall–Kier alpha value is -2.15. The van der Waals surface area contributed by atoms with Crippen LogP contribution in [-0.2, 0) is 4.79 Å². The van der Waals surface area contributed by atoms with Gasteiger partial charge in [0.1, 0.15) is 5.75 Å². The Balaban J connectivity index is 2.16. The molecule has 6 nitrogen and oxygen atoms in total. The normalized spacial score (nSPS) is 13.2. The summed E-state index contributed by atoms with van der Waals surface area (Å²) >= 11 is 3.39. The van der Waals surface area contributed by atoms with E-state index in [0.29, 0.717) is 12.2 Å². The van der Waals surface area contributed by atoms with E-state index in [9.17, 15) is 4.79 Å². The second-order valence-electron chi connectivity index (χ2n) is 5.98. The highest BCUT2D eigenvalue weighted by Crippen LogP contribution is 2.23. The molecule has 1 unspecified atom stereocenters. The number of amides is 1. The molecule has 7 heteroatoms. The summed E-state index contributed by atoms with van der Waals surface area (Å²) in [4.78, 5) is 16.7. The molecule has 0 aliphatic carbocycles. The number of nitrogens with one attached hydrogen (secondary N) is 1. The number of carbonyl (C=O) groups is 1. The maximum atomic E-state index is 12.4. The first-order chi connectivity index (χ1) is 11.3. The van der Waals surface area contributed by atoms with Gasteiger partial charge in [0.15, 0.2) is 6.10 Å². The van der Waals surface area contributed by atoms with E-state index in [1.54, 1.807) is 26.1 Å². The second kappa shape index (κ2) is 7.61. The third-order valence-electron chi connectivity index (χ3n) is 3.39. The zero-order chi connectivity index (χ0) is 17.7. The van der Waals surface area contributed by atoms with Crippen molar-refractivity contribution in [3.8, 4) is 5.75 Å². The van der Waals surface area contributed by atoms with E-state index in [-0.39, 0.29) is 5.91 Å². The van der Waals surface area contributed by atoms with Crippen molar-refractivity contribution in [3.05, 3.63) is 34.9 Å². The molecule has 0 aliphatic rings. The number of benzene rings is 1. The number of aromatic nitrogens is 1. The SMILES string of the molecule is CCC(Oc1ccc2ncc(Br)cc2c1)C(=O)NC(C)(C)/C=N/O. The number of fused-ring (bicyclic) bond motifs is 1. The fourth-order valence-electron chi connectivity index (χ4n) is 2.22. The largest absolute Gasteiger partial charge is 0.481 e. The lowest BCUT2D eigenvalue weighted by Crippen LogP contribution is -2.50. The number of carbonyl (C=O) groups excluding carboxylic acids is 1. The van der Waals surface area contributed by atoms with Gasteiger partial charge in [-0.05, 0) is 60.5 Å². The van der Waals surface area contributed by atoms with E-state index in [0.717, 1.165) is 15.4 Å². The fourth-order valence-corrected chi connectivity index (χ4v) is 2.57. The average molecular weight is 394 g/mol. The predicted molar refractivity (Wildman–Crippen MR) is 96.7 cm³/mol. The highest BCUT2D eigenvalue weighted by Gasteiger charge is 2.25. The number of ether oxygens (including phenoxy) is 1. The molecular weight excluding hydrogens is 374 g/mol. The van der Waals surface area contributed by atoms with E-state index >= 15 is 0 Å².